The second-order valence-electron chi connectivity index (χ2n) is 7.55. The van der Waals surface area contributed by atoms with Crippen LogP contribution in [0.25, 0.3) is 5.76 Å². The number of aliphatic hydroxyl groups excluding tert-OH is 1. The molecule has 6 heteroatoms. The van der Waals surface area contributed by atoms with Gasteiger partial charge in [0.1, 0.15) is 18.1 Å². The molecule has 1 N–H and O–H groups in total. The van der Waals surface area contributed by atoms with E-state index in [-0.39, 0.29) is 11.3 Å². The van der Waals surface area contributed by atoms with Gasteiger partial charge in [0.2, 0.25) is 0 Å². The monoisotopic (exact) mass is 434 g/mol. The molecule has 1 heterocycles. The Morgan fingerprint density at radius 1 is 1.09 bits per heavy atom. The van der Waals surface area contributed by atoms with E-state index in [2.05, 4.69) is 25.3 Å². The number of nitrogens with zero attached hydrogens (tertiary/aromatic N) is 2. The number of aliphatic hydroxyl groups is 1. The number of likely N-dealkylation sites (tertiary alicyclic amines) is 1. The van der Waals surface area contributed by atoms with Gasteiger partial charge in [0.25, 0.3) is 11.7 Å². The summed E-state index contributed by atoms with van der Waals surface area (Å²) in [6.45, 7) is 10.9. The van der Waals surface area contributed by atoms with Gasteiger partial charge in [-0.1, -0.05) is 69.0 Å². The fraction of sp³-hybridized carbons (Fsp3) is 0.308. The molecule has 1 aliphatic heterocycles. The first kappa shape index (κ1) is 23.3. The molecule has 1 atom stereocenters. The van der Waals surface area contributed by atoms with Crippen molar-refractivity contribution in [2.45, 2.75) is 19.9 Å². The summed E-state index contributed by atoms with van der Waals surface area (Å²) in [5.74, 6) is -0.752. The van der Waals surface area contributed by atoms with Gasteiger partial charge in [-0.3, -0.25) is 9.59 Å². The Balaban J connectivity index is 2.04. The molecule has 0 bridgehead atoms. The lowest BCUT2D eigenvalue weighted by atomic mass is 9.95. The van der Waals surface area contributed by atoms with E-state index in [0.29, 0.717) is 31.0 Å². The minimum absolute atomic E-state index is 0.112. The zero-order valence-corrected chi connectivity index (χ0v) is 18.7. The molecule has 1 amide bonds. The van der Waals surface area contributed by atoms with Crippen molar-refractivity contribution < 1.29 is 19.4 Å². The summed E-state index contributed by atoms with van der Waals surface area (Å²) in [4.78, 5) is 29.8. The first-order valence-electron chi connectivity index (χ1n) is 10.9. The van der Waals surface area contributed by atoms with Gasteiger partial charge in [-0.2, -0.15) is 0 Å². The zero-order chi connectivity index (χ0) is 23.1. The predicted octanol–water partition coefficient (Wildman–Crippen LogP) is 4.01. The highest BCUT2D eigenvalue weighted by molar-refractivity contribution is 6.46. The smallest absolute Gasteiger partial charge is 0.295 e. The van der Waals surface area contributed by atoms with Crippen molar-refractivity contribution in [3.8, 4) is 5.75 Å². The minimum atomic E-state index is -0.667. The molecule has 0 aromatic heterocycles. The number of likely N-dealkylation sites (N-methyl/N-ethyl adjacent to an activating group) is 1. The van der Waals surface area contributed by atoms with Crippen LogP contribution in [-0.4, -0.2) is 59.4 Å². The molecule has 1 saturated heterocycles. The third-order valence-electron chi connectivity index (χ3n) is 5.70. The van der Waals surface area contributed by atoms with Gasteiger partial charge in [0.15, 0.2) is 0 Å². The topological polar surface area (TPSA) is 70.1 Å². The number of amides is 1. The number of hydrogen-bond acceptors (Lipinski definition) is 5. The molecule has 3 rings (SSSR count). The zero-order valence-electron chi connectivity index (χ0n) is 18.7. The van der Waals surface area contributed by atoms with E-state index in [0.717, 1.165) is 18.7 Å². The summed E-state index contributed by atoms with van der Waals surface area (Å²) in [6, 6.07) is 15.4. The summed E-state index contributed by atoms with van der Waals surface area (Å²) in [5.41, 5.74) is 1.36. The van der Waals surface area contributed by atoms with E-state index in [1.165, 1.54) is 0 Å². The van der Waals surface area contributed by atoms with Crippen LogP contribution in [0.4, 0.5) is 0 Å². The maximum atomic E-state index is 13.0. The third kappa shape index (κ3) is 4.92. The van der Waals surface area contributed by atoms with Gasteiger partial charge in [0.05, 0.1) is 11.6 Å². The summed E-state index contributed by atoms with van der Waals surface area (Å²) < 4.78 is 5.56. The van der Waals surface area contributed by atoms with Crippen molar-refractivity contribution in [1.82, 2.24) is 9.80 Å². The van der Waals surface area contributed by atoms with Crippen molar-refractivity contribution >= 4 is 17.4 Å². The van der Waals surface area contributed by atoms with Crippen LogP contribution in [0, 0.1) is 0 Å². The molecule has 32 heavy (non-hydrogen) atoms. The molecule has 0 saturated carbocycles. The third-order valence-corrected chi connectivity index (χ3v) is 5.70. The number of Topliss-reactive ketones (excluding diaryl/α,β-unsaturated/α-hetero) is 1. The molecule has 1 fully saturated rings. The van der Waals surface area contributed by atoms with E-state index in [1.807, 2.05) is 18.2 Å². The van der Waals surface area contributed by atoms with Crippen molar-refractivity contribution in [2.75, 3.05) is 32.8 Å². The highest BCUT2D eigenvalue weighted by atomic mass is 16.5. The van der Waals surface area contributed by atoms with Gasteiger partial charge in [-0.15, -0.1) is 0 Å². The number of carbonyl (C=O) groups excluding carboxylic acids is 2. The highest BCUT2D eigenvalue weighted by Gasteiger charge is 2.45. The normalized spacial score (nSPS) is 17.7. The molecular weight excluding hydrogens is 404 g/mol. The second-order valence-corrected chi connectivity index (χ2v) is 7.55. The van der Waals surface area contributed by atoms with Crippen LogP contribution in [0.5, 0.6) is 5.75 Å². The lowest BCUT2D eigenvalue weighted by Gasteiger charge is -2.28. The SMILES string of the molecule is C=CCOc1ccc(C2/C(=C(\O)c3ccccc3)C(=O)C(=O)N2CCN(CC)CC)cc1. The van der Waals surface area contributed by atoms with Crippen LogP contribution in [-0.2, 0) is 9.59 Å². The second kappa shape index (κ2) is 10.8. The molecule has 0 aliphatic carbocycles. The lowest BCUT2D eigenvalue weighted by Crippen LogP contribution is -2.38. The molecule has 1 aliphatic rings. The van der Waals surface area contributed by atoms with Crippen molar-refractivity contribution in [2.24, 2.45) is 0 Å². The quantitative estimate of drug-likeness (QED) is 0.265. The Bertz CT molecular complexity index is 979. The summed E-state index contributed by atoms with van der Waals surface area (Å²) in [7, 11) is 0. The van der Waals surface area contributed by atoms with Crippen LogP contribution < -0.4 is 4.74 Å². The van der Waals surface area contributed by atoms with E-state index in [9.17, 15) is 14.7 Å². The number of benzene rings is 2. The Morgan fingerprint density at radius 2 is 1.75 bits per heavy atom. The van der Waals surface area contributed by atoms with Crippen LogP contribution >= 0.6 is 0 Å². The summed E-state index contributed by atoms with van der Waals surface area (Å²) in [6.07, 6.45) is 1.66. The number of ether oxygens (including phenoxy) is 1. The maximum absolute atomic E-state index is 13.0. The maximum Gasteiger partial charge on any atom is 0.295 e. The standard InChI is InChI=1S/C26H30N2O4/c1-4-18-32-21-14-12-19(13-15-21)23-22(24(29)20-10-8-7-9-11-20)25(30)26(31)28(23)17-16-27(5-2)6-3/h4,7-15,23,29H,1,5-6,16-18H2,2-3H3/b24-22+. The predicted molar refractivity (Wildman–Crippen MR) is 125 cm³/mol. The Morgan fingerprint density at radius 3 is 2.34 bits per heavy atom. The average Bonchev–Trinajstić information content (AvgIpc) is 3.08. The van der Waals surface area contributed by atoms with Gasteiger partial charge in [-0.05, 0) is 30.8 Å². The van der Waals surface area contributed by atoms with Gasteiger partial charge in [0, 0.05) is 18.7 Å². The van der Waals surface area contributed by atoms with Crippen molar-refractivity contribution in [1.29, 1.82) is 0 Å². The first-order valence-corrected chi connectivity index (χ1v) is 10.9. The molecule has 2 aromatic carbocycles. The average molecular weight is 435 g/mol. The van der Waals surface area contributed by atoms with Crippen LogP contribution in [0.15, 0.2) is 72.8 Å². The van der Waals surface area contributed by atoms with Crippen LogP contribution in [0.1, 0.15) is 31.0 Å². The molecule has 0 spiro atoms. The minimum Gasteiger partial charge on any atom is -0.507 e. The Labute approximate surface area is 189 Å². The number of hydrogen-bond donors (Lipinski definition) is 1. The van der Waals surface area contributed by atoms with E-state index >= 15 is 0 Å². The Kier molecular flexibility index (Phi) is 7.84. The molecule has 0 radical (unpaired) electrons. The highest BCUT2D eigenvalue weighted by Crippen LogP contribution is 2.39. The van der Waals surface area contributed by atoms with Gasteiger partial charge < -0.3 is 19.6 Å². The fourth-order valence-corrected chi connectivity index (χ4v) is 3.90. The molecule has 2 aromatic rings. The Hall–Kier alpha value is -3.38. The fourth-order valence-electron chi connectivity index (χ4n) is 3.90. The molecule has 6 nitrogen and oxygen atoms in total. The van der Waals surface area contributed by atoms with Crippen LogP contribution in [0.2, 0.25) is 0 Å². The lowest BCUT2D eigenvalue weighted by molar-refractivity contribution is -0.140. The molecular formula is C26H30N2O4. The number of ketones is 1. The van der Waals surface area contributed by atoms with E-state index in [4.69, 9.17) is 4.74 Å². The van der Waals surface area contributed by atoms with Crippen molar-refractivity contribution in [3.63, 3.8) is 0 Å². The van der Waals surface area contributed by atoms with Crippen LogP contribution in [0.3, 0.4) is 0 Å². The van der Waals surface area contributed by atoms with Gasteiger partial charge >= 0.3 is 0 Å². The van der Waals surface area contributed by atoms with E-state index in [1.54, 1.807) is 47.4 Å². The first-order chi connectivity index (χ1) is 15.5. The largest absolute Gasteiger partial charge is 0.507 e. The molecule has 1 unspecified atom stereocenters. The van der Waals surface area contributed by atoms with Crippen molar-refractivity contribution in [3.05, 3.63) is 84.0 Å². The number of carbonyl (C=O) groups is 2. The molecule has 168 valence electrons. The summed E-state index contributed by atoms with van der Waals surface area (Å²) in [5, 5.41) is 11.0. The van der Waals surface area contributed by atoms with Gasteiger partial charge in [-0.25, -0.2) is 0 Å². The van der Waals surface area contributed by atoms with E-state index < -0.39 is 17.7 Å². The summed E-state index contributed by atoms with van der Waals surface area (Å²) >= 11 is 0. The number of rotatable bonds is 10.